The van der Waals surface area contributed by atoms with Crippen LogP contribution in [0.5, 0.6) is 0 Å². The molecule has 22 heavy (non-hydrogen) atoms. The Balaban J connectivity index is 1.56. The van der Waals surface area contributed by atoms with Crippen LogP contribution in [0.2, 0.25) is 0 Å². The monoisotopic (exact) mass is 297 g/mol. The molecule has 0 bridgehead atoms. The maximum atomic E-state index is 13.1. The normalized spacial score (nSPS) is 19.0. The van der Waals surface area contributed by atoms with E-state index < -0.39 is 0 Å². The first kappa shape index (κ1) is 13.4. The summed E-state index contributed by atoms with van der Waals surface area (Å²) < 4.78 is 17.8. The van der Waals surface area contributed by atoms with E-state index in [2.05, 4.69) is 21.3 Å². The lowest BCUT2D eigenvalue weighted by Crippen LogP contribution is -2.22. The fourth-order valence-corrected chi connectivity index (χ4v) is 3.24. The Labute approximate surface area is 127 Å². The van der Waals surface area contributed by atoms with Gasteiger partial charge in [0.2, 0.25) is 0 Å². The van der Waals surface area contributed by atoms with Crippen molar-refractivity contribution in [1.82, 2.24) is 15.2 Å². The van der Waals surface area contributed by atoms with Crippen LogP contribution >= 0.6 is 0 Å². The van der Waals surface area contributed by atoms with Crippen LogP contribution < -0.4 is 0 Å². The van der Waals surface area contributed by atoms with Gasteiger partial charge in [0, 0.05) is 12.6 Å². The van der Waals surface area contributed by atoms with Gasteiger partial charge in [-0.2, -0.15) is 0 Å². The molecule has 1 aliphatic heterocycles. The Morgan fingerprint density at radius 2 is 1.91 bits per heavy atom. The molecular formula is C17H16FN3O. The highest BCUT2D eigenvalue weighted by atomic mass is 19.1. The Morgan fingerprint density at radius 1 is 1.09 bits per heavy atom. The second-order valence-electron chi connectivity index (χ2n) is 5.77. The summed E-state index contributed by atoms with van der Waals surface area (Å²) >= 11 is 0. The molecule has 0 saturated carbocycles. The van der Waals surface area contributed by atoms with Gasteiger partial charge in [-0.15, -0.1) is 0 Å². The van der Waals surface area contributed by atoms with Crippen LogP contribution in [-0.2, 0) is 6.54 Å². The molecule has 1 saturated heterocycles. The molecule has 2 heterocycles. The number of likely N-dealkylation sites (tertiary alicyclic amines) is 1. The minimum absolute atomic E-state index is 0.183. The summed E-state index contributed by atoms with van der Waals surface area (Å²) in [6, 6.07) is 13.2. The topological polar surface area (TPSA) is 42.2 Å². The number of benzene rings is 2. The summed E-state index contributed by atoms with van der Waals surface area (Å²) in [5, 5.41) is 7.72. The van der Waals surface area contributed by atoms with Crippen LogP contribution in [-0.4, -0.2) is 21.8 Å². The standard InChI is InChI=1S/C17H16FN3O/c18-14-6-4-13(5-7-14)17-2-1-9-21(17)11-12-3-8-15-16(10-12)20-22-19-15/h3-8,10,17H,1-2,9,11H2/t17-/m0/s1. The summed E-state index contributed by atoms with van der Waals surface area (Å²) in [6.07, 6.45) is 2.27. The first-order chi connectivity index (χ1) is 10.8. The largest absolute Gasteiger partial charge is 0.292 e. The quantitative estimate of drug-likeness (QED) is 0.739. The van der Waals surface area contributed by atoms with Crippen LogP contribution in [0.1, 0.15) is 30.0 Å². The summed E-state index contributed by atoms with van der Waals surface area (Å²) in [5.74, 6) is -0.183. The smallest absolute Gasteiger partial charge is 0.135 e. The summed E-state index contributed by atoms with van der Waals surface area (Å²) in [4.78, 5) is 2.43. The fourth-order valence-electron chi connectivity index (χ4n) is 3.24. The van der Waals surface area contributed by atoms with Crippen LogP contribution in [0, 0.1) is 5.82 Å². The Bertz CT molecular complexity index is 784. The minimum atomic E-state index is -0.183. The highest BCUT2D eigenvalue weighted by molar-refractivity contribution is 5.73. The van der Waals surface area contributed by atoms with Gasteiger partial charge in [-0.3, -0.25) is 4.90 Å². The third-order valence-corrected chi connectivity index (χ3v) is 4.32. The molecule has 112 valence electrons. The van der Waals surface area contributed by atoms with E-state index >= 15 is 0 Å². The number of halogens is 1. The van der Waals surface area contributed by atoms with Crippen LogP contribution in [0.3, 0.4) is 0 Å². The van der Waals surface area contributed by atoms with Gasteiger partial charge in [0.25, 0.3) is 0 Å². The van der Waals surface area contributed by atoms with Gasteiger partial charge in [-0.25, -0.2) is 9.02 Å². The van der Waals surface area contributed by atoms with Crippen LogP contribution in [0.4, 0.5) is 4.39 Å². The minimum Gasteiger partial charge on any atom is -0.292 e. The van der Waals surface area contributed by atoms with E-state index in [1.54, 1.807) is 12.1 Å². The molecule has 4 nitrogen and oxygen atoms in total. The van der Waals surface area contributed by atoms with Gasteiger partial charge in [0.05, 0.1) is 0 Å². The molecule has 0 amide bonds. The van der Waals surface area contributed by atoms with Gasteiger partial charge in [-0.1, -0.05) is 18.2 Å². The first-order valence-electron chi connectivity index (χ1n) is 7.50. The molecule has 0 radical (unpaired) electrons. The maximum Gasteiger partial charge on any atom is 0.135 e. The van der Waals surface area contributed by atoms with E-state index in [1.165, 1.54) is 11.1 Å². The molecule has 1 aliphatic rings. The van der Waals surface area contributed by atoms with Crippen molar-refractivity contribution in [2.24, 2.45) is 0 Å². The second-order valence-corrected chi connectivity index (χ2v) is 5.77. The van der Waals surface area contributed by atoms with Crippen LogP contribution in [0.15, 0.2) is 47.1 Å². The molecule has 1 fully saturated rings. The molecule has 1 atom stereocenters. The van der Waals surface area contributed by atoms with E-state index in [0.717, 1.165) is 37.0 Å². The Morgan fingerprint density at radius 3 is 2.77 bits per heavy atom. The first-order valence-corrected chi connectivity index (χ1v) is 7.50. The number of aromatic nitrogens is 2. The summed E-state index contributed by atoms with van der Waals surface area (Å²) in [5.41, 5.74) is 3.94. The number of nitrogens with zero attached hydrogens (tertiary/aromatic N) is 3. The molecule has 4 rings (SSSR count). The lowest BCUT2D eigenvalue weighted by atomic mass is 10.0. The highest BCUT2D eigenvalue weighted by Gasteiger charge is 2.26. The molecule has 0 unspecified atom stereocenters. The number of fused-ring (bicyclic) bond motifs is 1. The van der Waals surface area contributed by atoms with Gasteiger partial charge >= 0.3 is 0 Å². The Kier molecular flexibility index (Phi) is 3.35. The lowest BCUT2D eigenvalue weighted by molar-refractivity contribution is 0.248. The van der Waals surface area contributed by atoms with Crippen molar-refractivity contribution in [2.75, 3.05) is 6.54 Å². The van der Waals surface area contributed by atoms with Crippen LogP contribution in [0.25, 0.3) is 11.0 Å². The molecule has 2 aromatic carbocycles. The Hall–Kier alpha value is -2.27. The average Bonchev–Trinajstić information content (AvgIpc) is 3.17. The van der Waals surface area contributed by atoms with Gasteiger partial charge in [0.15, 0.2) is 0 Å². The van der Waals surface area contributed by atoms with Gasteiger partial charge in [0.1, 0.15) is 16.9 Å². The third-order valence-electron chi connectivity index (χ3n) is 4.32. The predicted octanol–water partition coefficient (Wildman–Crippen LogP) is 3.70. The van der Waals surface area contributed by atoms with Crippen molar-refractivity contribution >= 4 is 11.0 Å². The number of hydrogen-bond donors (Lipinski definition) is 0. The zero-order valence-electron chi connectivity index (χ0n) is 12.1. The van der Waals surface area contributed by atoms with E-state index in [4.69, 9.17) is 4.63 Å². The molecule has 0 spiro atoms. The second kappa shape index (κ2) is 5.50. The van der Waals surface area contributed by atoms with E-state index in [9.17, 15) is 4.39 Å². The van der Waals surface area contributed by atoms with E-state index in [0.29, 0.717) is 6.04 Å². The van der Waals surface area contributed by atoms with Crippen molar-refractivity contribution in [3.63, 3.8) is 0 Å². The van der Waals surface area contributed by atoms with Crippen molar-refractivity contribution in [2.45, 2.75) is 25.4 Å². The highest BCUT2D eigenvalue weighted by Crippen LogP contribution is 2.33. The predicted molar refractivity (Wildman–Crippen MR) is 80.6 cm³/mol. The summed E-state index contributed by atoms with van der Waals surface area (Å²) in [7, 11) is 0. The fraction of sp³-hybridized carbons (Fsp3) is 0.294. The van der Waals surface area contributed by atoms with Gasteiger partial charge in [-0.05, 0) is 65.1 Å². The van der Waals surface area contributed by atoms with Gasteiger partial charge < -0.3 is 0 Å². The lowest BCUT2D eigenvalue weighted by Gasteiger charge is -2.25. The number of hydrogen-bond acceptors (Lipinski definition) is 4. The molecule has 0 aliphatic carbocycles. The zero-order valence-corrected chi connectivity index (χ0v) is 12.1. The molecule has 1 aromatic heterocycles. The van der Waals surface area contributed by atoms with Crippen molar-refractivity contribution in [3.8, 4) is 0 Å². The third kappa shape index (κ3) is 2.48. The SMILES string of the molecule is Fc1ccc([C@@H]2CCCN2Cc2ccc3nonc3c2)cc1. The summed E-state index contributed by atoms with van der Waals surface area (Å²) in [6.45, 7) is 1.90. The zero-order chi connectivity index (χ0) is 14.9. The van der Waals surface area contributed by atoms with E-state index in [-0.39, 0.29) is 5.82 Å². The average molecular weight is 297 g/mol. The molecule has 0 N–H and O–H groups in total. The van der Waals surface area contributed by atoms with E-state index in [1.807, 2.05) is 24.3 Å². The number of rotatable bonds is 3. The molecular weight excluding hydrogens is 281 g/mol. The van der Waals surface area contributed by atoms with Crippen molar-refractivity contribution in [3.05, 3.63) is 59.4 Å². The molecule has 5 heteroatoms. The molecule has 3 aromatic rings. The van der Waals surface area contributed by atoms with Crippen molar-refractivity contribution < 1.29 is 9.02 Å². The van der Waals surface area contributed by atoms with Crippen molar-refractivity contribution in [1.29, 1.82) is 0 Å². The maximum absolute atomic E-state index is 13.1.